The molecule has 3 nitrogen and oxygen atoms in total. The van der Waals surface area contributed by atoms with E-state index in [4.69, 9.17) is 0 Å². The molecule has 1 aliphatic heterocycles. The van der Waals surface area contributed by atoms with Gasteiger partial charge in [0.25, 0.3) is 0 Å². The van der Waals surface area contributed by atoms with Crippen molar-refractivity contribution in [2.75, 3.05) is 32.7 Å². The van der Waals surface area contributed by atoms with Crippen LogP contribution in [0, 0.1) is 17.8 Å². The molecule has 1 heterocycles. The maximum absolute atomic E-state index is 13.6. The third kappa shape index (κ3) is 3.89. The van der Waals surface area contributed by atoms with Crippen LogP contribution in [0.3, 0.4) is 0 Å². The van der Waals surface area contributed by atoms with Crippen LogP contribution in [0.2, 0.25) is 0 Å². The summed E-state index contributed by atoms with van der Waals surface area (Å²) in [5, 5.41) is 0. The molecule has 150 valence electrons. The summed E-state index contributed by atoms with van der Waals surface area (Å²) in [6.07, 6.45) is 7.61. The second-order valence-corrected chi connectivity index (χ2v) is 8.92. The number of rotatable bonds is 5. The number of carbonyl (C=O) groups is 1. The van der Waals surface area contributed by atoms with Crippen molar-refractivity contribution < 1.29 is 4.79 Å². The molecule has 0 unspecified atom stereocenters. The summed E-state index contributed by atoms with van der Waals surface area (Å²) in [5.74, 6) is 2.50. The second kappa shape index (κ2) is 8.16. The summed E-state index contributed by atoms with van der Waals surface area (Å²) in [6, 6.07) is 20.5. The average molecular weight is 387 g/mol. The van der Waals surface area contributed by atoms with Crippen molar-refractivity contribution in [3.63, 3.8) is 0 Å². The Hall–Kier alpha value is -2.39. The van der Waals surface area contributed by atoms with E-state index in [1.165, 1.54) is 19.4 Å². The molecule has 0 N–H and O–H groups in total. The number of hydrogen-bond donors (Lipinski definition) is 0. The van der Waals surface area contributed by atoms with Gasteiger partial charge in [-0.25, -0.2) is 0 Å². The number of amides is 1. The van der Waals surface area contributed by atoms with E-state index >= 15 is 0 Å². The monoisotopic (exact) mass is 386 g/mol. The quantitative estimate of drug-likeness (QED) is 0.720. The van der Waals surface area contributed by atoms with Crippen molar-refractivity contribution in [2.24, 2.45) is 17.8 Å². The van der Waals surface area contributed by atoms with Gasteiger partial charge in [0.05, 0.1) is 5.92 Å². The Morgan fingerprint density at radius 2 is 1.45 bits per heavy atom. The van der Waals surface area contributed by atoms with Crippen molar-refractivity contribution in [2.45, 2.75) is 18.8 Å². The smallest absolute Gasteiger partial charge is 0.234 e. The predicted molar refractivity (Wildman–Crippen MR) is 117 cm³/mol. The zero-order chi connectivity index (χ0) is 19.6. The van der Waals surface area contributed by atoms with Gasteiger partial charge in [0.1, 0.15) is 0 Å². The molecule has 3 heteroatoms. The SMILES string of the molecule is O=C(C(c1ccccc1)c1ccccc1)N1CCN(C[C@H]2C[C@@H]3C=C[C@H]2C3)CC1. The third-order valence-corrected chi connectivity index (χ3v) is 7.11. The molecule has 3 atom stereocenters. The molecule has 1 saturated carbocycles. The van der Waals surface area contributed by atoms with E-state index in [2.05, 4.69) is 46.2 Å². The Morgan fingerprint density at radius 1 is 0.828 bits per heavy atom. The van der Waals surface area contributed by atoms with Crippen LogP contribution in [-0.4, -0.2) is 48.4 Å². The van der Waals surface area contributed by atoms with Gasteiger partial charge in [0, 0.05) is 32.7 Å². The fourth-order valence-electron chi connectivity index (χ4n) is 5.54. The molecule has 3 aliphatic rings. The summed E-state index contributed by atoms with van der Waals surface area (Å²) in [7, 11) is 0. The highest BCUT2D eigenvalue weighted by molar-refractivity contribution is 5.87. The zero-order valence-electron chi connectivity index (χ0n) is 17.0. The molecule has 2 aliphatic carbocycles. The van der Waals surface area contributed by atoms with Crippen LogP contribution in [0.25, 0.3) is 0 Å². The van der Waals surface area contributed by atoms with Gasteiger partial charge >= 0.3 is 0 Å². The molecular weight excluding hydrogens is 356 g/mol. The normalized spacial score (nSPS) is 26.4. The molecule has 2 bridgehead atoms. The van der Waals surface area contributed by atoms with Gasteiger partial charge in [0.2, 0.25) is 5.91 Å². The molecule has 2 aromatic carbocycles. The number of fused-ring (bicyclic) bond motifs is 2. The molecule has 0 spiro atoms. The Kier molecular flexibility index (Phi) is 5.24. The van der Waals surface area contributed by atoms with E-state index in [9.17, 15) is 4.79 Å². The predicted octanol–water partition coefficient (Wildman–Crippen LogP) is 4.17. The summed E-state index contributed by atoms with van der Waals surface area (Å²) in [4.78, 5) is 18.2. The maximum Gasteiger partial charge on any atom is 0.234 e. The minimum Gasteiger partial charge on any atom is -0.339 e. The largest absolute Gasteiger partial charge is 0.339 e. The lowest BCUT2D eigenvalue weighted by atomic mass is 9.89. The highest BCUT2D eigenvalue weighted by Crippen LogP contribution is 2.43. The first-order valence-corrected chi connectivity index (χ1v) is 11.1. The van der Waals surface area contributed by atoms with Crippen molar-refractivity contribution in [1.82, 2.24) is 9.80 Å². The first-order chi connectivity index (χ1) is 14.3. The van der Waals surface area contributed by atoms with Crippen molar-refractivity contribution in [3.05, 3.63) is 83.9 Å². The third-order valence-electron chi connectivity index (χ3n) is 7.11. The lowest BCUT2D eigenvalue weighted by Gasteiger charge is -2.38. The first kappa shape index (κ1) is 18.6. The Balaban J connectivity index is 1.25. The van der Waals surface area contributed by atoms with E-state index in [-0.39, 0.29) is 11.8 Å². The minimum atomic E-state index is -0.209. The van der Waals surface area contributed by atoms with Gasteiger partial charge in [-0.1, -0.05) is 72.8 Å². The molecular formula is C26H30N2O. The molecule has 0 radical (unpaired) electrons. The summed E-state index contributed by atoms with van der Waals surface area (Å²) < 4.78 is 0. The number of benzene rings is 2. The van der Waals surface area contributed by atoms with Crippen molar-refractivity contribution in [3.8, 4) is 0 Å². The topological polar surface area (TPSA) is 23.6 Å². The number of hydrogen-bond acceptors (Lipinski definition) is 2. The molecule has 1 saturated heterocycles. The highest BCUT2D eigenvalue weighted by atomic mass is 16.2. The lowest BCUT2D eigenvalue weighted by Crippen LogP contribution is -2.51. The molecule has 2 fully saturated rings. The standard InChI is InChI=1S/C26H30N2O/c29-26(25(21-7-3-1-4-8-21)22-9-5-2-6-10-22)28-15-13-27(14-16-28)19-24-18-20-11-12-23(24)17-20/h1-12,20,23-25H,13-19H2/t20-,23+,24-/m1/s1. The summed E-state index contributed by atoms with van der Waals surface area (Å²) >= 11 is 0. The van der Waals surface area contributed by atoms with Crippen LogP contribution >= 0.6 is 0 Å². The number of carbonyl (C=O) groups excluding carboxylic acids is 1. The molecule has 29 heavy (non-hydrogen) atoms. The summed E-state index contributed by atoms with van der Waals surface area (Å²) in [6.45, 7) is 4.88. The maximum atomic E-state index is 13.6. The van der Waals surface area contributed by atoms with Crippen molar-refractivity contribution >= 4 is 5.91 Å². The van der Waals surface area contributed by atoms with Gasteiger partial charge in [0.15, 0.2) is 0 Å². The van der Waals surface area contributed by atoms with E-state index in [0.29, 0.717) is 0 Å². The van der Waals surface area contributed by atoms with Crippen LogP contribution in [-0.2, 0) is 4.79 Å². The summed E-state index contributed by atoms with van der Waals surface area (Å²) in [5.41, 5.74) is 2.17. The average Bonchev–Trinajstić information content (AvgIpc) is 3.39. The second-order valence-electron chi connectivity index (χ2n) is 8.92. The number of allylic oxidation sites excluding steroid dienone is 2. The molecule has 0 aromatic heterocycles. The van der Waals surface area contributed by atoms with Crippen LogP contribution < -0.4 is 0 Å². The van der Waals surface area contributed by atoms with Gasteiger partial charge in [-0.15, -0.1) is 0 Å². The van der Waals surface area contributed by atoms with Crippen LogP contribution in [0.5, 0.6) is 0 Å². The number of piperazine rings is 1. The number of nitrogens with zero attached hydrogens (tertiary/aromatic N) is 2. The fourth-order valence-corrected chi connectivity index (χ4v) is 5.54. The first-order valence-electron chi connectivity index (χ1n) is 11.1. The van der Waals surface area contributed by atoms with Crippen molar-refractivity contribution in [1.29, 1.82) is 0 Å². The van der Waals surface area contributed by atoms with Gasteiger partial charge in [-0.3, -0.25) is 9.69 Å². The van der Waals surface area contributed by atoms with E-state index in [1.54, 1.807) is 0 Å². The Labute approximate surface area is 174 Å². The van der Waals surface area contributed by atoms with E-state index in [0.717, 1.165) is 55.1 Å². The lowest BCUT2D eigenvalue weighted by molar-refractivity contribution is -0.133. The fraction of sp³-hybridized carbons (Fsp3) is 0.423. The Bertz CT molecular complexity index is 815. The highest BCUT2D eigenvalue weighted by Gasteiger charge is 2.37. The van der Waals surface area contributed by atoms with Crippen LogP contribution in [0.4, 0.5) is 0 Å². The molecule has 1 amide bonds. The van der Waals surface area contributed by atoms with Crippen LogP contribution in [0.15, 0.2) is 72.8 Å². The van der Waals surface area contributed by atoms with Gasteiger partial charge in [-0.2, -0.15) is 0 Å². The van der Waals surface area contributed by atoms with E-state index in [1.807, 2.05) is 36.4 Å². The molecule has 5 rings (SSSR count). The van der Waals surface area contributed by atoms with Gasteiger partial charge in [-0.05, 0) is 41.7 Å². The molecule has 2 aromatic rings. The zero-order valence-corrected chi connectivity index (χ0v) is 17.0. The van der Waals surface area contributed by atoms with Crippen LogP contribution in [0.1, 0.15) is 29.9 Å². The minimum absolute atomic E-state index is 0.209. The van der Waals surface area contributed by atoms with E-state index < -0.39 is 0 Å². The Morgan fingerprint density at radius 3 is 1.97 bits per heavy atom. The van der Waals surface area contributed by atoms with Gasteiger partial charge < -0.3 is 4.90 Å².